The summed E-state index contributed by atoms with van der Waals surface area (Å²) in [5, 5.41) is 7.98. The molecule has 1 N–H and O–H groups in total. The van der Waals surface area contributed by atoms with E-state index in [0.29, 0.717) is 29.7 Å². The number of benzene rings is 2. The topological polar surface area (TPSA) is 61.6 Å². The van der Waals surface area contributed by atoms with Gasteiger partial charge in [0.1, 0.15) is 5.76 Å². The van der Waals surface area contributed by atoms with Crippen LogP contribution in [0.4, 0.5) is 10.5 Å². The van der Waals surface area contributed by atoms with E-state index in [-0.39, 0.29) is 6.03 Å². The molecular weight excluding hydrogens is 435 g/mol. The third-order valence-corrected chi connectivity index (χ3v) is 6.29. The zero-order valence-corrected chi connectivity index (χ0v) is 19.0. The molecule has 2 aromatic carbocycles. The van der Waals surface area contributed by atoms with E-state index in [4.69, 9.17) is 27.7 Å². The Bertz CT molecular complexity index is 1050. The lowest BCUT2D eigenvalue weighted by molar-refractivity contribution is 0.194. The van der Waals surface area contributed by atoms with Gasteiger partial charge < -0.3 is 19.6 Å². The summed E-state index contributed by atoms with van der Waals surface area (Å²) in [5.74, 6) is 0.825. The fourth-order valence-electron chi connectivity index (χ4n) is 3.84. The van der Waals surface area contributed by atoms with Crippen molar-refractivity contribution in [1.29, 1.82) is 0 Å². The molecule has 1 aliphatic heterocycles. The van der Waals surface area contributed by atoms with E-state index in [0.717, 1.165) is 46.9 Å². The summed E-state index contributed by atoms with van der Waals surface area (Å²) >= 11 is 12.0. The van der Waals surface area contributed by atoms with Gasteiger partial charge >= 0.3 is 6.03 Å². The predicted octanol–water partition coefficient (Wildman–Crippen LogP) is 5.30. The SMILES string of the molecule is Cc1noc(C)c1-c1ccc(N2CCN(C(=O)NCc3ccc(Cl)c(Cl)c3)CC2)cc1. The number of carbonyl (C=O) groups excluding carboxylic acids is 1. The van der Waals surface area contributed by atoms with Crippen molar-refractivity contribution in [1.82, 2.24) is 15.4 Å². The van der Waals surface area contributed by atoms with Gasteiger partial charge in [-0.1, -0.05) is 46.6 Å². The van der Waals surface area contributed by atoms with Crippen LogP contribution in [0.1, 0.15) is 17.0 Å². The van der Waals surface area contributed by atoms with Crippen molar-refractivity contribution in [3.8, 4) is 11.1 Å². The Morgan fingerprint density at radius 2 is 1.74 bits per heavy atom. The van der Waals surface area contributed by atoms with E-state index in [2.05, 4.69) is 39.6 Å². The molecule has 8 heteroatoms. The Kier molecular flexibility index (Phi) is 6.39. The van der Waals surface area contributed by atoms with E-state index in [1.807, 2.05) is 24.8 Å². The Morgan fingerprint density at radius 1 is 1.03 bits per heavy atom. The van der Waals surface area contributed by atoms with Crippen LogP contribution in [0.15, 0.2) is 47.0 Å². The van der Waals surface area contributed by atoms with Gasteiger partial charge in [-0.25, -0.2) is 4.79 Å². The van der Waals surface area contributed by atoms with Crippen LogP contribution in [-0.4, -0.2) is 42.3 Å². The Hall–Kier alpha value is -2.70. The van der Waals surface area contributed by atoms with Crippen LogP contribution in [0.3, 0.4) is 0 Å². The molecule has 0 atom stereocenters. The van der Waals surface area contributed by atoms with Crippen molar-refractivity contribution in [2.45, 2.75) is 20.4 Å². The Labute approximate surface area is 191 Å². The number of nitrogens with zero attached hydrogens (tertiary/aromatic N) is 3. The minimum atomic E-state index is -0.0699. The van der Waals surface area contributed by atoms with Gasteiger partial charge in [0.2, 0.25) is 0 Å². The smallest absolute Gasteiger partial charge is 0.317 e. The Balaban J connectivity index is 1.31. The van der Waals surface area contributed by atoms with Gasteiger partial charge in [0.25, 0.3) is 0 Å². The third-order valence-electron chi connectivity index (χ3n) is 5.55. The van der Waals surface area contributed by atoms with E-state index >= 15 is 0 Å². The number of carbonyl (C=O) groups is 1. The van der Waals surface area contributed by atoms with E-state index in [9.17, 15) is 4.79 Å². The van der Waals surface area contributed by atoms with Crippen molar-refractivity contribution in [2.24, 2.45) is 0 Å². The van der Waals surface area contributed by atoms with Crippen molar-refractivity contribution in [2.75, 3.05) is 31.1 Å². The van der Waals surface area contributed by atoms with Crippen molar-refractivity contribution < 1.29 is 9.32 Å². The second kappa shape index (κ2) is 9.20. The normalized spacial score (nSPS) is 14.1. The number of halogens is 2. The summed E-state index contributed by atoms with van der Waals surface area (Å²) in [6.07, 6.45) is 0. The molecule has 0 bridgehead atoms. The van der Waals surface area contributed by atoms with Gasteiger partial charge in [-0.05, 0) is 49.2 Å². The van der Waals surface area contributed by atoms with Gasteiger partial charge in [0.05, 0.1) is 15.7 Å². The standard InChI is InChI=1S/C23H24Cl2N4O2/c1-15-22(16(2)31-27-15)18-4-6-19(7-5-18)28-9-11-29(12-10-28)23(30)26-14-17-3-8-20(24)21(25)13-17/h3-8,13H,9-12,14H2,1-2H3,(H,26,30). The molecule has 1 fully saturated rings. The molecule has 4 rings (SSSR count). The van der Waals surface area contributed by atoms with Crippen molar-refractivity contribution in [3.63, 3.8) is 0 Å². The summed E-state index contributed by atoms with van der Waals surface area (Å²) in [6.45, 7) is 7.19. The lowest BCUT2D eigenvalue weighted by Crippen LogP contribution is -2.51. The van der Waals surface area contributed by atoms with Gasteiger partial charge in [0, 0.05) is 44.0 Å². The zero-order valence-electron chi connectivity index (χ0n) is 17.5. The predicted molar refractivity (Wildman–Crippen MR) is 124 cm³/mol. The lowest BCUT2D eigenvalue weighted by atomic mass is 10.0. The Morgan fingerprint density at radius 3 is 2.35 bits per heavy atom. The molecule has 2 amide bonds. The molecule has 6 nitrogen and oxygen atoms in total. The highest BCUT2D eigenvalue weighted by Gasteiger charge is 2.21. The summed E-state index contributed by atoms with van der Waals surface area (Å²) in [6, 6.07) is 13.7. The van der Waals surface area contributed by atoms with Gasteiger partial charge in [-0.2, -0.15) is 0 Å². The fourth-order valence-corrected chi connectivity index (χ4v) is 4.16. The number of urea groups is 1. The first-order valence-electron chi connectivity index (χ1n) is 10.2. The van der Waals surface area contributed by atoms with Crippen molar-refractivity contribution >= 4 is 34.9 Å². The van der Waals surface area contributed by atoms with Crippen LogP contribution >= 0.6 is 23.2 Å². The average Bonchev–Trinajstić information content (AvgIpc) is 3.12. The lowest BCUT2D eigenvalue weighted by Gasteiger charge is -2.36. The van der Waals surface area contributed by atoms with E-state index in [1.54, 1.807) is 12.1 Å². The van der Waals surface area contributed by atoms with Gasteiger partial charge in [0.15, 0.2) is 0 Å². The number of aryl methyl sites for hydroxylation is 2. The number of hydrogen-bond acceptors (Lipinski definition) is 4. The monoisotopic (exact) mass is 458 g/mol. The fraction of sp³-hybridized carbons (Fsp3) is 0.304. The molecular formula is C23H24Cl2N4O2. The molecule has 2 heterocycles. The van der Waals surface area contributed by atoms with Crippen LogP contribution in [0.5, 0.6) is 0 Å². The van der Waals surface area contributed by atoms with Gasteiger partial charge in [-0.15, -0.1) is 0 Å². The molecule has 3 aromatic rings. The number of hydrogen-bond donors (Lipinski definition) is 1. The maximum atomic E-state index is 12.5. The van der Waals surface area contributed by atoms with Crippen molar-refractivity contribution in [3.05, 3.63) is 69.5 Å². The van der Waals surface area contributed by atoms with E-state index < -0.39 is 0 Å². The molecule has 1 saturated heterocycles. The third kappa shape index (κ3) is 4.81. The highest BCUT2D eigenvalue weighted by molar-refractivity contribution is 6.42. The molecule has 0 unspecified atom stereocenters. The first-order chi connectivity index (χ1) is 14.9. The number of anilines is 1. The second-order valence-corrected chi connectivity index (χ2v) is 8.44. The van der Waals surface area contributed by atoms with Crippen LogP contribution in [-0.2, 0) is 6.54 Å². The first-order valence-corrected chi connectivity index (χ1v) is 10.9. The van der Waals surface area contributed by atoms with Crippen LogP contribution < -0.4 is 10.2 Å². The average molecular weight is 459 g/mol. The molecule has 31 heavy (non-hydrogen) atoms. The van der Waals surface area contributed by atoms with Gasteiger partial charge in [-0.3, -0.25) is 0 Å². The summed E-state index contributed by atoms with van der Waals surface area (Å²) < 4.78 is 5.27. The molecule has 1 aromatic heterocycles. The van der Waals surface area contributed by atoms with E-state index in [1.165, 1.54) is 0 Å². The van der Waals surface area contributed by atoms with Crippen LogP contribution in [0.2, 0.25) is 10.0 Å². The number of aromatic nitrogens is 1. The molecule has 0 saturated carbocycles. The molecule has 0 aliphatic carbocycles. The number of amides is 2. The zero-order chi connectivity index (χ0) is 22.0. The van der Waals surface area contributed by atoms with Crippen LogP contribution in [0, 0.1) is 13.8 Å². The summed E-state index contributed by atoms with van der Waals surface area (Å²) in [5.41, 5.74) is 5.10. The molecule has 162 valence electrons. The maximum Gasteiger partial charge on any atom is 0.317 e. The second-order valence-electron chi connectivity index (χ2n) is 7.63. The molecule has 0 spiro atoms. The highest BCUT2D eigenvalue weighted by Crippen LogP contribution is 2.29. The quantitative estimate of drug-likeness (QED) is 0.576. The number of piperazine rings is 1. The molecule has 1 aliphatic rings. The minimum absolute atomic E-state index is 0.0699. The summed E-state index contributed by atoms with van der Waals surface area (Å²) in [4.78, 5) is 16.7. The minimum Gasteiger partial charge on any atom is -0.368 e. The number of rotatable bonds is 4. The van der Waals surface area contributed by atoms with Crippen LogP contribution in [0.25, 0.3) is 11.1 Å². The first kappa shape index (κ1) is 21.5. The highest BCUT2D eigenvalue weighted by atomic mass is 35.5. The maximum absolute atomic E-state index is 12.5. The largest absolute Gasteiger partial charge is 0.368 e. The number of nitrogens with one attached hydrogen (secondary N) is 1. The summed E-state index contributed by atoms with van der Waals surface area (Å²) in [7, 11) is 0. The molecule has 0 radical (unpaired) electrons.